The van der Waals surface area contributed by atoms with Crippen LogP contribution in [0.3, 0.4) is 0 Å². The third-order valence-electron chi connectivity index (χ3n) is 1.07. The number of nitriles is 1. The van der Waals surface area contributed by atoms with Gasteiger partial charge in [0.25, 0.3) is 5.54 Å². The van der Waals surface area contributed by atoms with Crippen molar-refractivity contribution in [2.75, 3.05) is 0 Å². The van der Waals surface area contributed by atoms with E-state index in [1.807, 2.05) is 0 Å². The van der Waals surface area contributed by atoms with Gasteiger partial charge < -0.3 is 0 Å². The number of nitrogens with zero attached hydrogens (tertiary/aromatic N) is 1. The maximum absolute atomic E-state index is 11.5. The lowest BCUT2D eigenvalue weighted by Crippen LogP contribution is -2.62. The first-order chi connectivity index (χ1) is 5.06. The Balaban J connectivity index is 5.14. The molecule has 0 radical (unpaired) electrons. The molecule has 70 valence electrons. The largest absolute Gasteiger partial charge is 0.429 e. The molecule has 0 fully saturated rings. The Labute approximate surface area is 62.6 Å². The molecule has 0 saturated carbocycles. The molecule has 0 aromatic heterocycles. The molecule has 0 unspecified atom stereocenters. The van der Waals surface area contributed by atoms with Crippen LogP contribution in [0.5, 0.6) is 0 Å². The van der Waals surface area contributed by atoms with E-state index in [2.05, 4.69) is 5.73 Å². The minimum absolute atomic E-state index is 0.0139. The van der Waals surface area contributed by atoms with Gasteiger partial charge in [0.1, 0.15) is 6.07 Å². The number of hydrogen-bond acceptors (Lipinski definition) is 2. The molecule has 0 aromatic rings. The third kappa shape index (κ3) is 1.45. The van der Waals surface area contributed by atoms with E-state index in [0.717, 1.165) is 0 Å². The van der Waals surface area contributed by atoms with Crippen LogP contribution in [0.1, 0.15) is 0 Å². The smallest absolute Gasteiger partial charge is 0.298 e. The molecule has 2 nitrogen and oxygen atoms in total. The SMILES string of the molecule is N#CC(N)(C(F)(F)F)C(F)(F)F. The van der Waals surface area contributed by atoms with Crippen LogP contribution in [-0.2, 0) is 0 Å². The van der Waals surface area contributed by atoms with E-state index in [4.69, 9.17) is 5.26 Å². The highest BCUT2D eigenvalue weighted by Gasteiger charge is 2.69. The van der Waals surface area contributed by atoms with Gasteiger partial charge in [-0.05, 0) is 0 Å². The lowest BCUT2D eigenvalue weighted by molar-refractivity contribution is -0.276. The van der Waals surface area contributed by atoms with Crippen LogP contribution >= 0.6 is 0 Å². The maximum Gasteiger partial charge on any atom is 0.429 e. The second-order valence-corrected chi connectivity index (χ2v) is 1.92. The quantitative estimate of drug-likeness (QED) is 0.588. The summed E-state index contributed by atoms with van der Waals surface area (Å²) in [5, 5.41) is 7.64. The molecule has 12 heavy (non-hydrogen) atoms. The predicted molar refractivity (Wildman–Crippen MR) is 24.6 cm³/mol. The van der Waals surface area contributed by atoms with Gasteiger partial charge in [-0.2, -0.15) is 31.6 Å². The van der Waals surface area contributed by atoms with Gasteiger partial charge in [-0.1, -0.05) is 0 Å². The van der Waals surface area contributed by atoms with Crippen LogP contribution < -0.4 is 5.73 Å². The van der Waals surface area contributed by atoms with Gasteiger partial charge in [0.15, 0.2) is 0 Å². The molecule has 0 spiro atoms. The Hall–Kier alpha value is -0.970. The van der Waals surface area contributed by atoms with Crippen LogP contribution in [0.25, 0.3) is 0 Å². The van der Waals surface area contributed by atoms with Crippen molar-refractivity contribution in [3.8, 4) is 6.07 Å². The number of alkyl halides is 6. The van der Waals surface area contributed by atoms with Crippen LogP contribution in [-0.4, -0.2) is 17.9 Å². The molecule has 0 aliphatic rings. The molecule has 0 amide bonds. The first-order valence-electron chi connectivity index (χ1n) is 2.40. The standard InChI is InChI=1S/C4H2F6N2/c5-3(6,7)2(12,1-11)4(8,9)10/h12H2. The van der Waals surface area contributed by atoms with Crippen LogP contribution in [0, 0.1) is 11.3 Å². The summed E-state index contributed by atoms with van der Waals surface area (Å²) in [5.74, 6) is 0. The summed E-state index contributed by atoms with van der Waals surface area (Å²) < 4.78 is 69.2. The van der Waals surface area contributed by atoms with Crippen LogP contribution in [0.15, 0.2) is 0 Å². The van der Waals surface area contributed by atoms with E-state index in [0.29, 0.717) is 0 Å². The van der Waals surface area contributed by atoms with Crippen molar-refractivity contribution < 1.29 is 26.3 Å². The molecule has 8 heteroatoms. The van der Waals surface area contributed by atoms with Gasteiger partial charge >= 0.3 is 12.4 Å². The minimum atomic E-state index is -5.82. The van der Waals surface area contributed by atoms with Gasteiger partial charge in [-0.25, -0.2) is 0 Å². The topological polar surface area (TPSA) is 49.8 Å². The van der Waals surface area contributed by atoms with Gasteiger partial charge in [0.2, 0.25) is 0 Å². The lowest BCUT2D eigenvalue weighted by atomic mass is 10.0. The van der Waals surface area contributed by atoms with Crippen molar-refractivity contribution in [3.05, 3.63) is 0 Å². The summed E-state index contributed by atoms with van der Waals surface area (Å²) in [6.07, 6.45) is -11.6. The summed E-state index contributed by atoms with van der Waals surface area (Å²) >= 11 is 0. The van der Waals surface area contributed by atoms with E-state index in [1.54, 1.807) is 0 Å². The summed E-state index contributed by atoms with van der Waals surface area (Å²) in [6.45, 7) is 0. The Morgan fingerprint density at radius 2 is 1.17 bits per heavy atom. The molecular weight excluding hydrogens is 190 g/mol. The number of hydrogen-bond donors (Lipinski definition) is 1. The Morgan fingerprint density at radius 3 is 1.17 bits per heavy atom. The Bertz CT molecular complexity index is 193. The van der Waals surface area contributed by atoms with Gasteiger partial charge in [-0.3, -0.25) is 5.73 Å². The highest BCUT2D eigenvalue weighted by atomic mass is 19.4. The third-order valence-corrected chi connectivity index (χ3v) is 1.07. The average Bonchev–Trinajstić information content (AvgIpc) is 1.81. The van der Waals surface area contributed by atoms with Crippen LogP contribution in [0.4, 0.5) is 26.3 Å². The second-order valence-electron chi connectivity index (χ2n) is 1.92. The van der Waals surface area contributed by atoms with E-state index >= 15 is 0 Å². The van der Waals surface area contributed by atoms with Crippen molar-refractivity contribution >= 4 is 0 Å². The molecule has 0 heterocycles. The zero-order valence-electron chi connectivity index (χ0n) is 5.29. The first-order valence-corrected chi connectivity index (χ1v) is 2.40. The Kier molecular flexibility index (Phi) is 2.31. The number of rotatable bonds is 0. The van der Waals surface area contributed by atoms with Crippen molar-refractivity contribution in [2.45, 2.75) is 17.9 Å². The van der Waals surface area contributed by atoms with Gasteiger partial charge in [-0.15, -0.1) is 0 Å². The fraction of sp³-hybridized carbons (Fsp3) is 0.750. The van der Waals surface area contributed by atoms with E-state index in [1.165, 1.54) is 0 Å². The molecule has 0 bridgehead atoms. The Morgan fingerprint density at radius 1 is 0.917 bits per heavy atom. The maximum atomic E-state index is 11.5. The molecule has 0 saturated heterocycles. The molecule has 0 rings (SSSR count). The zero-order chi connectivity index (χ0) is 10.2. The average molecular weight is 192 g/mol. The highest BCUT2D eigenvalue weighted by molar-refractivity contribution is 5.15. The molecule has 0 aromatic carbocycles. The van der Waals surface area contributed by atoms with Gasteiger partial charge in [0, 0.05) is 0 Å². The highest BCUT2D eigenvalue weighted by Crippen LogP contribution is 2.40. The van der Waals surface area contributed by atoms with Gasteiger partial charge in [0.05, 0.1) is 0 Å². The van der Waals surface area contributed by atoms with E-state index in [-0.39, 0.29) is 6.07 Å². The van der Waals surface area contributed by atoms with E-state index < -0.39 is 17.9 Å². The lowest BCUT2D eigenvalue weighted by Gasteiger charge is -2.26. The van der Waals surface area contributed by atoms with Crippen LogP contribution in [0.2, 0.25) is 0 Å². The summed E-state index contributed by atoms with van der Waals surface area (Å²) in [4.78, 5) is 0. The minimum Gasteiger partial charge on any atom is -0.298 e. The molecular formula is C4H2F6N2. The number of nitrogens with two attached hydrogens (primary N) is 1. The zero-order valence-corrected chi connectivity index (χ0v) is 5.29. The van der Waals surface area contributed by atoms with Crippen molar-refractivity contribution in [1.82, 2.24) is 0 Å². The van der Waals surface area contributed by atoms with E-state index in [9.17, 15) is 26.3 Å². The monoisotopic (exact) mass is 192 g/mol. The van der Waals surface area contributed by atoms with Crippen molar-refractivity contribution in [3.63, 3.8) is 0 Å². The van der Waals surface area contributed by atoms with Crippen molar-refractivity contribution in [2.24, 2.45) is 5.73 Å². The van der Waals surface area contributed by atoms with Crippen molar-refractivity contribution in [1.29, 1.82) is 5.26 Å². The fourth-order valence-corrected chi connectivity index (χ4v) is 0.287. The molecule has 0 atom stereocenters. The normalized spacial score (nSPS) is 14.2. The molecule has 0 aliphatic carbocycles. The molecule has 2 N–H and O–H groups in total. The summed E-state index contributed by atoms with van der Waals surface area (Å²) in [5.41, 5.74) is -0.938. The summed E-state index contributed by atoms with van der Waals surface area (Å²) in [7, 11) is 0. The molecule has 0 aliphatic heterocycles. The predicted octanol–water partition coefficient (Wildman–Crippen LogP) is 1.33. The summed E-state index contributed by atoms with van der Waals surface area (Å²) in [6, 6.07) is -0.0139. The fourth-order valence-electron chi connectivity index (χ4n) is 0.287. The number of halogens is 6. The second kappa shape index (κ2) is 2.52. The first kappa shape index (κ1) is 11.0.